The highest BCUT2D eigenvalue weighted by Gasteiger charge is 2.50. The largest absolute Gasteiger partial charge is 0.522 e. The van der Waals surface area contributed by atoms with Crippen LogP contribution in [-0.4, -0.2) is 44.2 Å². The zero-order valence-electron chi connectivity index (χ0n) is 17.6. The zero-order valence-corrected chi connectivity index (χ0v) is 17.6. The Morgan fingerprint density at radius 3 is 2.21 bits per heavy atom. The first-order chi connectivity index (χ1) is 15.9. The molecule has 0 N–H and O–H groups in total. The van der Waals surface area contributed by atoms with E-state index in [-0.39, 0.29) is 24.3 Å². The topological polar surface area (TPSA) is 71.8 Å². The van der Waals surface area contributed by atoms with Gasteiger partial charge in [-0.1, -0.05) is 0 Å². The molecule has 1 aliphatic heterocycles. The third-order valence-electron chi connectivity index (χ3n) is 5.24. The first-order valence-corrected chi connectivity index (χ1v) is 9.79. The Labute approximate surface area is 190 Å². The number of nitrogens with zero attached hydrogens (tertiary/aromatic N) is 2. The Hall–Kier alpha value is -3.46. The third-order valence-corrected chi connectivity index (χ3v) is 5.24. The van der Waals surface area contributed by atoms with E-state index in [0.717, 1.165) is 24.3 Å². The summed E-state index contributed by atoms with van der Waals surface area (Å²) in [5, 5.41) is 9.84. The number of ether oxygens (including phenoxy) is 3. The summed E-state index contributed by atoms with van der Waals surface area (Å²) in [4.78, 5) is 13.0. The molecular formula is C22H18F6N2O4. The van der Waals surface area contributed by atoms with Crippen LogP contribution >= 0.6 is 0 Å². The number of nitriles is 1. The Balaban J connectivity index is 1.87. The van der Waals surface area contributed by atoms with Crippen LogP contribution in [0.3, 0.4) is 0 Å². The highest BCUT2D eigenvalue weighted by molar-refractivity contribution is 5.89. The van der Waals surface area contributed by atoms with Gasteiger partial charge in [0.15, 0.2) is 5.54 Å². The fourth-order valence-electron chi connectivity index (χ4n) is 3.65. The number of carbonyl (C=O) groups is 1. The number of halogens is 6. The van der Waals surface area contributed by atoms with Crippen molar-refractivity contribution >= 4 is 11.7 Å². The van der Waals surface area contributed by atoms with Gasteiger partial charge in [0.2, 0.25) is 0 Å². The molecular weight excluding hydrogens is 470 g/mol. The van der Waals surface area contributed by atoms with E-state index in [1.165, 1.54) is 36.3 Å². The highest BCUT2D eigenvalue weighted by atomic mass is 19.4. The van der Waals surface area contributed by atoms with E-state index in [0.29, 0.717) is 5.69 Å². The predicted octanol–water partition coefficient (Wildman–Crippen LogP) is 4.95. The van der Waals surface area contributed by atoms with E-state index in [2.05, 4.69) is 9.47 Å². The van der Waals surface area contributed by atoms with Crippen LogP contribution in [0.4, 0.5) is 32.0 Å². The van der Waals surface area contributed by atoms with Crippen molar-refractivity contribution < 1.29 is 45.3 Å². The molecule has 3 rings (SSSR count). The van der Waals surface area contributed by atoms with Gasteiger partial charge in [-0.05, 0) is 48.5 Å². The quantitative estimate of drug-likeness (QED) is 0.424. The molecule has 0 radical (unpaired) electrons. The van der Waals surface area contributed by atoms with Crippen LogP contribution in [0.15, 0.2) is 48.5 Å². The van der Waals surface area contributed by atoms with Crippen LogP contribution in [0.2, 0.25) is 0 Å². The van der Waals surface area contributed by atoms with Gasteiger partial charge in [-0.3, -0.25) is 4.74 Å². The van der Waals surface area contributed by atoms with E-state index >= 15 is 0 Å². The van der Waals surface area contributed by atoms with Gasteiger partial charge in [0, 0.05) is 12.1 Å². The summed E-state index contributed by atoms with van der Waals surface area (Å²) in [7, 11) is 1.19. The van der Waals surface area contributed by atoms with Crippen LogP contribution in [0.5, 0.6) is 5.75 Å². The molecule has 182 valence electrons. The minimum atomic E-state index is -4.99. The van der Waals surface area contributed by atoms with E-state index in [1.54, 1.807) is 0 Å². The van der Waals surface area contributed by atoms with Crippen molar-refractivity contribution in [3.63, 3.8) is 0 Å². The molecule has 0 amide bonds. The van der Waals surface area contributed by atoms with Crippen molar-refractivity contribution in [3.8, 4) is 11.8 Å². The summed E-state index contributed by atoms with van der Waals surface area (Å²) in [5.41, 5.74) is -2.17. The number of hydrogen-bond donors (Lipinski definition) is 0. The Morgan fingerprint density at radius 1 is 1.09 bits per heavy atom. The number of anilines is 1. The van der Waals surface area contributed by atoms with E-state index < -0.39 is 42.3 Å². The molecule has 0 aliphatic carbocycles. The molecule has 0 spiro atoms. The fourth-order valence-corrected chi connectivity index (χ4v) is 3.65. The van der Waals surface area contributed by atoms with Crippen molar-refractivity contribution in [2.24, 2.45) is 0 Å². The SMILES string of the molecule is COC(=O)c1ccc(N2C[C@@H](Oc3ccc(C(F)(F)F)cc3)C[C@]2(C#N)COC(F)(F)F)cc1. The molecule has 2 aromatic rings. The molecule has 1 aliphatic rings. The predicted molar refractivity (Wildman–Crippen MR) is 106 cm³/mol. The van der Waals surface area contributed by atoms with Gasteiger partial charge in [0.05, 0.1) is 37.5 Å². The number of carbonyl (C=O) groups excluding carboxylic acids is 1. The van der Waals surface area contributed by atoms with Gasteiger partial charge in [-0.2, -0.15) is 18.4 Å². The van der Waals surface area contributed by atoms with Gasteiger partial charge in [0.1, 0.15) is 11.9 Å². The second kappa shape index (κ2) is 9.42. The minimum absolute atomic E-state index is 0.0597. The van der Waals surface area contributed by atoms with Gasteiger partial charge in [-0.25, -0.2) is 4.79 Å². The lowest BCUT2D eigenvalue weighted by Crippen LogP contribution is -2.48. The minimum Gasteiger partial charge on any atom is -0.488 e. The summed E-state index contributed by atoms with van der Waals surface area (Å²) in [6.45, 7) is -1.09. The molecule has 2 atom stereocenters. The molecule has 0 saturated carbocycles. The monoisotopic (exact) mass is 488 g/mol. The number of hydrogen-bond acceptors (Lipinski definition) is 6. The van der Waals surface area contributed by atoms with E-state index in [1.807, 2.05) is 6.07 Å². The lowest BCUT2D eigenvalue weighted by Gasteiger charge is -2.33. The molecule has 6 nitrogen and oxygen atoms in total. The van der Waals surface area contributed by atoms with E-state index in [4.69, 9.17) is 4.74 Å². The molecule has 12 heteroatoms. The number of methoxy groups -OCH3 is 1. The van der Waals surface area contributed by atoms with Gasteiger partial charge < -0.3 is 14.4 Å². The van der Waals surface area contributed by atoms with Gasteiger partial charge in [0.25, 0.3) is 0 Å². The standard InChI is InChI=1S/C22H18F6N2O4/c1-32-19(31)14-2-6-16(7-3-14)30-11-18(10-20(30,12-29)13-33-22(26,27)28)34-17-8-4-15(5-9-17)21(23,24)25/h2-9,18H,10-11,13H2,1H3/t18-,20-/m0/s1. The molecule has 1 fully saturated rings. The summed E-state index contributed by atoms with van der Waals surface area (Å²) in [6, 6.07) is 11.3. The van der Waals surface area contributed by atoms with Crippen LogP contribution in [-0.2, 0) is 15.7 Å². The maximum atomic E-state index is 12.8. The molecule has 0 unspecified atom stereocenters. The summed E-state index contributed by atoms with van der Waals surface area (Å²) in [5.74, 6) is -0.562. The Kier molecular flexibility index (Phi) is 6.97. The Bertz CT molecular complexity index is 1050. The average molecular weight is 488 g/mol. The summed E-state index contributed by atoms with van der Waals surface area (Å²) in [6.07, 6.45) is -10.6. The lowest BCUT2D eigenvalue weighted by atomic mass is 9.97. The van der Waals surface area contributed by atoms with Crippen LogP contribution in [0, 0.1) is 11.3 Å². The van der Waals surface area contributed by atoms with Crippen molar-refractivity contribution in [2.75, 3.05) is 25.2 Å². The highest BCUT2D eigenvalue weighted by Crippen LogP contribution is 2.38. The maximum Gasteiger partial charge on any atom is 0.522 e. The van der Waals surface area contributed by atoms with Gasteiger partial charge >= 0.3 is 18.5 Å². The molecule has 2 aromatic carbocycles. The van der Waals surface area contributed by atoms with Crippen molar-refractivity contribution in [1.82, 2.24) is 0 Å². The van der Waals surface area contributed by atoms with Crippen molar-refractivity contribution in [1.29, 1.82) is 5.26 Å². The fraction of sp³-hybridized carbons (Fsp3) is 0.364. The number of rotatable bonds is 6. The first kappa shape index (κ1) is 25.2. The first-order valence-electron chi connectivity index (χ1n) is 9.79. The normalized spacial score (nSPS) is 20.6. The molecule has 1 heterocycles. The van der Waals surface area contributed by atoms with Gasteiger partial charge in [-0.15, -0.1) is 13.2 Å². The summed E-state index contributed by atoms with van der Waals surface area (Å²) >= 11 is 0. The smallest absolute Gasteiger partial charge is 0.488 e. The summed E-state index contributed by atoms with van der Waals surface area (Å²) < 4.78 is 90.9. The molecule has 34 heavy (non-hydrogen) atoms. The molecule has 0 aromatic heterocycles. The third kappa shape index (κ3) is 5.72. The van der Waals surface area contributed by atoms with Crippen molar-refractivity contribution in [2.45, 2.75) is 30.6 Å². The van der Waals surface area contributed by atoms with Crippen LogP contribution in [0.25, 0.3) is 0 Å². The second-order valence-electron chi connectivity index (χ2n) is 7.49. The average Bonchev–Trinajstić information content (AvgIpc) is 3.15. The lowest BCUT2D eigenvalue weighted by molar-refractivity contribution is -0.327. The van der Waals surface area contributed by atoms with E-state index in [9.17, 15) is 36.4 Å². The number of benzene rings is 2. The van der Waals surface area contributed by atoms with Crippen LogP contribution in [0.1, 0.15) is 22.3 Å². The zero-order chi connectivity index (χ0) is 25.1. The maximum absolute atomic E-state index is 12.8. The molecule has 0 bridgehead atoms. The number of esters is 1. The Morgan fingerprint density at radius 2 is 1.71 bits per heavy atom. The van der Waals surface area contributed by atoms with Crippen molar-refractivity contribution in [3.05, 3.63) is 59.7 Å². The molecule has 1 saturated heterocycles. The van der Waals surface area contributed by atoms with Crippen LogP contribution < -0.4 is 9.64 Å². The number of alkyl halides is 6. The second-order valence-corrected chi connectivity index (χ2v) is 7.49.